The van der Waals surface area contributed by atoms with Gasteiger partial charge in [-0.3, -0.25) is 14.4 Å². The number of ketones is 1. The fourth-order valence-electron chi connectivity index (χ4n) is 2.39. The van der Waals surface area contributed by atoms with E-state index in [0.29, 0.717) is 5.69 Å². The molecule has 10 heteroatoms. The lowest BCUT2D eigenvalue weighted by molar-refractivity contribution is -0.137. The van der Waals surface area contributed by atoms with Crippen molar-refractivity contribution in [2.24, 2.45) is 5.73 Å². The largest absolute Gasteiger partial charge is 0.363 e. The van der Waals surface area contributed by atoms with E-state index in [1.165, 1.54) is 6.20 Å². The second-order valence-electron chi connectivity index (χ2n) is 5.51. The molecule has 0 bridgehead atoms. The molecule has 0 spiro atoms. The molecule has 2 aromatic heterocycles. The van der Waals surface area contributed by atoms with Crippen LogP contribution in [0.1, 0.15) is 16.1 Å². The van der Waals surface area contributed by atoms with Crippen molar-refractivity contribution in [2.45, 2.75) is 12.5 Å². The maximum absolute atomic E-state index is 12.7. The molecule has 3 rings (SSSR count). The number of amides is 2. The molecule has 0 aliphatic heterocycles. The molecule has 3 aromatic rings. The highest BCUT2D eigenvalue weighted by atomic mass is 32.1. The lowest BCUT2D eigenvalue weighted by Crippen LogP contribution is -2.47. The van der Waals surface area contributed by atoms with Gasteiger partial charge in [-0.15, -0.1) is 5.10 Å². The van der Waals surface area contributed by atoms with Crippen molar-refractivity contribution < 1.29 is 14.4 Å². The van der Waals surface area contributed by atoms with E-state index >= 15 is 0 Å². The Balaban J connectivity index is 1.84. The van der Waals surface area contributed by atoms with E-state index in [1.807, 2.05) is 6.07 Å². The second kappa shape index (κ2) is 8.23. The van der Waals surface area contributed by atoms with Crippen molar-refractivity contribution in [3.8, 4) is 11.4 Å². The zero-order valence-corrected chi connectivity index (χ0v) is 14.7. The van der Waals surface area contributed by atoms with Crippen molar-refractivity contribution in [2.75, 3.05) is 0 Å². The van der Waals surface area contributed by atoms with Crippen LogP contribution in [0.2, 0.25) is 0 Å². The molecular formula is C17H14N6O3S. The zero-order chi connectivity index (χ0) is 19.2. The molecule has 0 fully saturated rings. The number of hydrogen-bond acceptors (Lipinski definition) is 8. The molecule has 0 saturated carbocycles. The smallest absolute Gasteiger partial charge is 0.287 e. The van der Waals surface area contributed by atoms with Gasteiger partial charge in [-0.2, -0.15) is 13.8 Å². The molecule has 136 valence electrons. The first kappa shape index (κ1) is 18.3. The quantitative estimate of drug-likeness (QED) is 0.563. The average molecular weight is 382 g/mol. The summed E-state index contributed by atoms with van der Waals surface area (Å²) in [5.74, 6) is -2.67. The summed E-state index contributed by atoms with van der Waals surface area (Å²) in [6.45, 7) is 0. The van der Waals surface area contributed by atoms with E-state index in [0.717, 1.165) is 17.3 Å². The summed E-state index contributed by atoms with van der Waals surface area (Å²) in [6, 6.07) is 11.1. The van der Waals surface area contributed by atoms with Gasteiger partial charge in [0.25, 0.3) is 11.8 Å². The molecule has 2 amide bonds. The maximum atomic E-state index is 12.7. The van der Waals surface area contributed by atoms with Crippen LogP contribution in [0.25, 0.3) is 11.4 Å². The van der Waals surface area contributed by atoms with Gasteiger partial charge in [0.15, 0.2) is 5.69 Å². The van der Waals surface area contributed by atoms with Crippen LogP contribution in [0.15, 0.2) is 48.7 Å². The Kier molecular flexibility index (Phi) is 5.57. The number of carbonyl (C=O) groups excluding carboxylic acids is 3. The minimum atomic E-state index is -1.12. The van der Waals surface area contributed by atoms with Crippen molar-refractivity contribution in [1.29, 1.82) is 0 Å². The highest BCUT2D eigenvalue weighted by Crippen LogP contribution is 2.19. The van der Waals surface area contributed by atoms with Crippen molar-refractivity contribution in [3.05, 3.63) is 59.9 Å². The first-order chi connectivity index (χ1) is 13.1. The van der Waals surface area contributed by atoms with Gasteiger partial charge in [0.05, 0.1) is 11.7 Å². The topological polar surface area (TPSA) is 141 Å². The van der Waals surface area contributed by atoms with Crippen molar-refractivity contribution in [3.63, 3.8) is 0 Å². The fourth-order valence-corrected chi connectivity index (χ4v) is 2.94. The summed E-state index contributed by atoms with van der Waals surface area (Å²) in [5.41, 5.74) is 6.50. The molecule has 27 heavy (non-hydrogen) atoms. The van der Waals surface area contributed by atoms with E-state index in [-0.39, 0.29) is 17.8 Å². The molecule has 1 atom stereocenters. The van der Waals surface area contributed by atoms with Gasteiger partial charge < -0.3 is 11.1 Å². The Morgan fingerprint density at radius 3 is 2.52 bits per heavy atom. The van der Waals surface area contributed by atoms with Crippen LogP contribution in [0, 0.1) is 0 Å². The monoisotopic (exact) mass is 382 g/mol. The van der Waals surface area contributed by atoms with Gasteiger partial charge in [-0.1, -0.05) is 30.3 Å². The van der Waals surface area contributed by atoms with Crippen LogP contribution < -0.4 is 11.1 Å². The minimum absolute atomic E-state index is 0.00386. The van der Waals surface area contributed by atoms with Gasteiger partial charge in [0.2, 0.25) is 5.78 Å². The van der Waals surface area contributed by atoms with Crippen LogP contribution in [0.3, 0.4) is 0 Å². The molecule has 1 unspecified atom stereocenters. The van der Waals surface area contributed by atoms with Crippen molar-refractivity contribution in [1.82, 2.24) is 24.3 Å². The Morgan fingerprint density at radius 1 is 1.07 bits per heavy atom. The molecule has 9 nitrogen and oxygen atoms in total. The molecule has 0 aliphatic carbocycles. The zero-order valence-electron chi connectivity index (χ0n) is 13.9. The van der Waals surface area contributed by atoms with E-state index < -0.39 is 23.6 Å². The van der Waals surface area contributed by atoms with E-state index in [9.17, 15) is 14.4 Å². The SMILES string of the molecule is NC(=O)C(=O)C(Cc1ccccc1)NC(=O)c1nsnc1-c1cccnn1. The Hall–Kier alpha value is -3.53. The number of nitrogens with two attached hydrogens (primary N) is 1. The van der Waals surface area contributed by atoms with Gasteiger partial charge in [-0.05, 0) is 17.7 Å². The lowest BCUT2D eigenvalue weighted by Gasteiger charge is -2.16. The molecule has 0 aliphatic rings. The number of nitrogens with one attached hydrogen (secondary N) is 1. The number of hydrogen-bond donors (Lipinski definition) is 2. The van der Waals surface area contributed by atoms with E-state index in [4.69, 9.17) is 5.73 Å². The van der Waals surface area contributed by atoms with Crippen LogP contribution >= 0.6 is 11.7 Å². The van der Waals surface area contributed by atoms with Crippen molar-refractivity contribution >= 4 is 29.3 Å². The summed E-state index contributed by atoms with van der Waals surface area (Å²) < 4.78 is 8.05. The number of rotatable bonds is 7. The number of carbonyl (C=O) groups is 3. The van der Waals surface area contributed by atoms with Gasteiger partial charge in [-0.25, -0.2) is 0 Å². The molecule has 0 saturated heterocycles. The number of benzene rings is 1. The highest BCUT2D eigenvalue weighted by molar-refractivity contribution is 6.99. The standard InChI is InChI=1S/C17H14N6O3S/c18-16(25)15(24)12(9-10-5-2-1-3-6-10)20-17(26)14-13(22-27-23-14)11-7-4-8-19-21-11/h1-8,12H,9H2,(H2,18,25)(H,20,26). The van der Waals surface area contributed by atoms with Crippen LogP contribution in [0.4, 0.5) is 0 Å². The summed E-state index contributed by atoms with van der Waals surface area (Å²) in [5, 5.41) is 10.2. The minimum Gasteiger partial charge on any atom is -0.363 e. The van der Waals surface area contributed by atoms with Gasteiger partial charge >= 0.3 is 0 Å². The maximum Gasteiger partial charge on any atom is 0.287 e. The predicted molar refractivity (Wildman–Crippen MR) is 96.5 cm³/mol. The summed E-state index contributed by atoms with van der Waals surface area (Å²) >= 11 is 0.830. The summed E-state index contributed by atoms with van der Waals surface area (Å²) in [7, 11) is 0. The number of Topliss-reactive ketones (excluding diaryl/α,β-unsaturated/α-hetero) is 1. The Bertz CT molecular complexity index is 961. The molecule has 3 N–H and O–H groups in total. The number of primary amides is 1. The number of aromatic nitrogens is 4. The third-order valence-electron chi connectivity index (χ3n) is 3.67. The van der Waals surface area contributed by atoms with E-state index in [1.54, 1.807) is 36.4 Å². The van der Waals surface area contributed by atoms with Gasteiger partial charge in [0.1, 0.15) is 17.4 Å². The van der Waals surface area contributed by atoms with Crippen LogP contribution in [0.5, 0.6) is 0 Å². The molecular weight excluding hydrogens is 368 g/mol. The second-order valence-corrected chi connectivity index (χ2v) is 6.04. The van der Waals surface area contributed by atoms with Gasteiger partial charge in [0, 0.05) is 12.6 Å². The fraction of sp³-hybridized carbons (Fsp3) is 0.118. The highest BCUT2D eigenvalue weighted by Gasteiger charge is 2.28. The van der Waals surface area contributed by atoms with Crippen LogP contribution in [-0.4, -0.2) is 42.6 Å². The molecule has 2 heterocycles. The third-order valence-corrected chi connectivity index (χ3v) is 4.19. The summed E-state index contributed by atoms with van der Waals surface area (Å²) in [6.07, 6.45) is 1.61. The normalized spacial score (nSPS) is 11.6. The Labute approximate surface area is 158 Å². The van der Waals surface area contributed by atoms with Crippen LogP contribution in [-0.2, 0) is 16.0 Å². The lowest BCUT2D eigenvalue weighted by atomic mass is 10.0. The third kappa shape index (κ3) is 4.36. The first-order valence-corrected chi connectivity index (χ1v) is 8.58. The predicted octanol–water partition coefficient (Wildman–Crippen LogP) is 0.391. The van der Waals surface area contributed by atoms with E-state index in [2.05, 4.69) is 24.3 Å². The first-order valence-electron chi connectivity index (χ1n) is 7.85. The Morgan fingerprint density at radius 2 is 1.85 bits per heavy atom. The molecule has 1 aromatic carbocycles. The average Bonchev–Trinajstić information content (AvgIpc) is 3.18. The number of nitrogens with zero attached hydrogens (tertiary/aromatic N) is 4. The molecule has 0 radical (unpaired) electrons. The summed E-state index contributed by atoms with van der Waals surface area (Å²) in [4.78, 5) is 36.2.